The van der Waals surface area contributed by atoms with Crippen molar-refractivity contribution in [2.45, 2.75) is 38.3 Å². The molecular formula is C30H32N4O4S. The lowest BCUT2D eigenvalue weighted by atomic mass is 10.1. The highest BCUT2D eigenvalue weighted by molar-refractivity contribution is 7.89. The van der Waals surface area contributed by atoms with Gasteiger partial charge in [0.1, 0.15) is 5.75 Å². The van der Waals surface area contributed by atoms with Crippen LogP contribution in [-0.4, -0.2) is 41.6 Å². The molecule has 0 spiro atoms. The monoisotopic (exact) mass is 544 g/mol. The first-order valence-corrected chi connectivity index (χ1v) is 14.4. The van der Waals surface area contributed by atoms with Gasteiger partial charge in [0.05, 0.1) is 23.7 Å². The van der Waals surface area contributed by atoms with Crippen molar-refractivity contribution in [2.75, 3.05) is 18.1 Å². The van der Waals surface area contributed by atoms with E-state index in [-0.39, 0.29) is 23.9 Å². The number of carbonyl (C=O) groups excluding carboxylic acids is 1. The maximum atomic E-state index is 13.7. The van der Waals surface area contributed by atoms with E-state index < -0.39 is 10.0 Å². The van der Waals surface area contributed by atoms with Crippen LogP contribution < -0.4 is 9.64 Å². The van der Waals surface area contributed by atoms with Gasteiger partial charge < -0.3 is 9.64 Å². The van der Waals surface area contributed by atoms with Gasteiger partial charge >= 0.3 is 0 Å². The average Bonchev–Trinajstić information content (AvgIpc) is 3.27. The molecule has 9 heteroatoms. The van der Waals surface area contributed by atoms with Crippen molar-refractivity contribution in [3.05, 3.63) is 107 Å². The number of aromatic nitrogens is 2. The first-order chi connectivity index (χ1) is 18.8. The summed E-state index contributed by atoms with van der Waals surface area (Å²) in [5, 5.41) is 4.75. The number of para-hydroxylation sites is 1. The summed E-state index contributed by atoms with van der Waals surface area (Å²) in [5.41, 5.74) is 4.91. The Kier molecular flexibility index (Phi) is 7.54. The summed E-state index contributed by atoms with van der Waals surface area (Å²) in [6.07, 6.45) is 0.534. The Bertz CT molecular complexity index is 1560. The van der Waals surface area contributed by atoms with Crippen molar-refractivity contribution in [1.82, 2.24) is 14.1 Å². The summed E-state index contributed by atoms with van der Waals surface area (Å²) in [5.74, 6) is 0.487. The topological polar surface area (TPSA) is 84.7 Å². The Labute approximate surface area is 229 Å². The second-order valence-corrected chi connectivity index (χ2v) is 11.5. The van der Waals surface area contributed by atoms with Gasteiger partial charge in [0.2, 0.25) is 10.0 Å². The van der Waals surface area contributed by atoms with Gasteiger partial charge in [-0.15, -0.1) is 0 Å². The van der Waals surface area contributed by atoms with E-state index in [4.69, 9.17) is 9.84 Å². The summed E-state index contributed by atoms with van der Waals surface area (Å²) in [7, 11) is -1.86. The van der Waals surface area contributed by atoms with Gasteiger partial charge in [-0.3, -0.25) is 9.48 Å². The third kappa shape index (κ3) is 5.46. The smallest absolute Gasteiger partial charge is 0.258 e. The number of anilines is 1. The van der Waals surface area contributed by atoms with Crippen LogP contribution >= 0.6 is 0 Å². The van der Waals surface area contributed by atoms with Crippen LogP contribution in [-0.2, 0) is 36.6 Å². The zero-order chi connectivity index (χ0) is 27.6. The van der Waals surface area contributed by atoms with E-state index in [0.717, 1.165) is 22.5 Å². The SMILES string of the molecule is CCOc1ccc(S(=O)(=O)N2CCc3c(c(CN(C(=O)c4ccc(C)cc4)c4ccccc4)nn3C)C2)cc1. The fourth-order valence-corrected chi connectivity index (χ4v) is 6.30. The number of fused-ring (bicyclic) bond motifs is 1. The van der Waals surface area contributed by atoms with Gasteiger partial charge in [0.15, 0.2) is 0 Å². The molecule has 1 aliphatic heterocycles. The highest BCUT2D eigenvalue weighted by Crippen LogP contribution is 2.30. The van der Waals surface area contributed by atoms with E-state index in [1.165, 1.54) is 4.31 Å². The molecule has 0 unspecified atom stereocenters. The molecule has 39 heavy (non-hydrogen) atoms. The number of ether oxygens (including phenoxy) is 1. The molecule has 0 saturated heterocycles. The van der Waals surface area contributed by atoms with Gasteiger partial charge in [-0.25, -0.2) is 8.42 Å². The van der Waals surface area contributed by atoms with Crippen LogP contribution in [0, 0.1) is 6.92 Å². The molecule has 1 amide bonds. The van der Waals surface area contributed by atoms with E-state index in [2.05, 4.69) is 0 Å². The quantitative estimate of drug-likeness (QED) is 0.321. The third-order valence-electron chi connectivity index (χ3n) is 6.98. The van der Waals surface area contributed by atoms with Crippen LogP contribution in [0.1, 0.15) is 39.8 Å². The highest BCUT2D eigenvalue weighted by atomic mass is 32.2. The molecule has 1 aromatic heterocycles. The summed E-state index contributed by atoms with van der Waals surface area (Å²) < 4.78 is 35.8. The first kappa shape index (κ1) is 26.6. The lowest BCUT2D eigenvalue weighted by Crippen LogP contribution is -2.37. The van der Waals surface area contributed by atoms with Gasteiger partial charge in [-0.2, -0.15) is 9.40 Å². The minimum Gasteiger partial charge on any atom is -0.494 e. The molecule has 0 radical (unpaired) electrons. The van der Waals surface area contributed by atoms with Crippen LogP contribution in [0.5, 0.6) is 5.75 Å². The summed E-state index contributed by atoms with van der Waals surface area (Å²) in [6, 6.07) is 23.5. The molecule has 0 bridgehead atoms. The van der Waals surface area contributed by atoms with Crippen molar-refractivity contribution in [3.63, 3.8) is 0 Å². The number of hydrogen-bond donors (Lipinski definition) is 0. The summed E-state index contributed by atoms with van der Waals surface area (Å²) in [4.78, 5) is 15.6. The number of carbonyl (C=O) groups is 1. The average molecular weight is 545 g/mol. The standard InChI is InChI=1S/C30H32N4O4S/c1-4-38-25-14-16-26(17-15-25)39(36,37)33-19-18-29-27(20-33)28(31-32(29)3)21-34(24-8-6-5-7-9-24)30(35)23-12-10-22(2)11-13-23/h5-17H,4,18-21H2,1-3H3. The number of aryl methyl sites for hydroxylation is 2. The second kappa shape index (κ2) is 11.0. The maximum absolute atomic E-state index is 13.7. The van der Waals surface area contributed by atoms with Crippen LogP contribution in [0.4, 0.5) is 5.69 Å². The van der Waals surface area contributed by atoms with Crippen molar-refractivity contribution in [2.24, 2.45) is 7.05 Å². The number of nitrogens with zero attached hydrogens (tertiary/aromatic N) is 4. The first-order valence-electron chi connectivity index (χ1n) is 13.0. The van der Waals surface area contributed by atoms with Crippen LogP contribution in [0.3, 0.4) is 0 Å². The fourth-order valence-electron chi connectivity index (χ4n) is 4.89. The Morgan fingerprint density at radius 1 is 1.00 bits per heavy atom. The van der Waals surface area contributed by atoms with Crippen LogP contribution in [0.15, 0.2) is 83.8 Å². The second-order valence-electron chi connectivity index (χ2n) is 9.58. The summed E-state index contributed by atoms with van der Waals surface area (Å²) >= 11 is 0. The molecule has 0 atom stereocenters. The predicted molar refractivity (Wildman–Crippen MR) is 150 cm³/mol. The molecule has 0 fully saturated rings. The minimum atomic E-state index is -3.73. The van der Waals surface area contributed by atoms with E-state index in [0.29, 0.717) is 36.6 Å². The molecule has 0 N–H and O–H groups in total. The molecule has 4 aromatic rings. The Morgan fingerprint density at radius 3 is 2.36 bits per heavy atom. The van der Waals surface area contributed by atoms with Crippen molar-refractivity contribution >= 4 is 21.6 Å². The van der Waals surface area contributed by atoms with E-state index >= 15 is 0 Å². The van der Waals surface area contributed by atoms with Crippen LogP contribution in [0.2, 0.25) is 0 Å². The molecule has 3 aromatic carbocycles. The fraction of sp³-hybridized carbons (Fsp3) is 0.267. The number of rotatable bonds is 8. The highest BCUT2D eigenvalue weighted by Gasteiger charge is 2.33. The van der Waals surface area contributed by atoms with Crippen molar-refractivity contribution < 1.29 is 17.9 Å². The normalized spacial score (nSPS) is 13.6. The van der Waals surface area contributed by atoms with E-state index in [1.807, 2.05) is 80.2 Å². The summed E-state index contributed by atoms with van der Waals surface area (Å²) in [6.45, 7) is 5.14. The molecule has 0 aliphatic carbocycles. The molecular weight excluding hydrogens is 512 g/mol. The Hall–Kier alpha value is -3.95. The molecule has 2 heterocycles. The number of hydrogen-bond acceptors (Lipinski definition) is 5. The minimum absolute atomic E-state index is 0.143. The number of amides is 1. The van der Waals surface area contributed by atoms with Gasteiger partial charge in [-0.1, -0.05) is 35.9 Å². The molecule has 5 rings (SSSR count). The van der Waals surface area contributed by atoms with Gasteiger partial charge in [-0.05, 0) is 62.4 Å². The molecule has 0 saturated carbocycles. The molecule has 8 nitrogen and oxygen atoms in total. The van der Waals surface area contributed by atoms with E-state index in [9.17, 15) is 13.2 Å². The predicted octanol–water partition coefficient (Wildman–Crippen LogP) is 4.72. The largest absolute Gasteiger partial charge is 0.494 e. The molecule has 202 valence electrons. The lowest BCUT2D eigenvalue weighted by Gasteiger charge is -2.28. The molecule has 1 aliphatic rings. The zero-order valence-electron chi connectivity index (χ0n) is 22.4. The van der Waals surface area contributed by atoms with Crippen molar-refractivity contribution in [1.29, 1.82) is 0 Å². The lowest BCUT2D eigenvalue weighted by molar-refractivity contribution is 0.0984. The number of sulfonamides is 1. The third-order valence-corrected chi connectivity index (χ3v) is 8.84. The van der Waals surface area contributed by atoms with Crippen molar-refractivity contribution in [3.8, 4) is 5.75 Å². The number of benzene rings is 3. The van der Waals surface area contributed by atoms with Crippen LogP contribution in [0.25, 0.3) is 0 Å². The zero-order valence-corrected chi connectivity index (χ0v) is 23.2. The Balaban J connectivity index is 1.46. The Morgan fingerprint density at radius 2 is 1.69 bits per heavy atom. The van der Waals surface area contributed by atoms with E-state index in [1.54, 1.807) is 29.2 Å². The van der Waals surface area contributed by atoms with Gasteiger partial charge in [0, 0.05) is 49.1 Å². The maximum Gasteiger partial charge on any atom is 0.258 e. The van der Waals surface area contributed by atoms with Gasteiger partial charge in [0.25, 0.3) is 5.91 Å².